The van der Waals surface area contributed by atoms with Crippen LogP contribution in [0.4, 0.5) is 0 Å². The third-order valence-corrected chi connectivity index (χ3v) is 3.56. The molecule has 0 saturated heterocycles. The normalized spacial score (nSPS) is 11.8. The smallest absolute Gasteiger partial charge is 0.303 e. The predicted molar refractivity (Wildman–Crippen MR) is 83.9 cm³/mol. The Balaban J connectivity index is 3.29. The molecule has 0 rings (SSSR count). The minimum atomic E-state index is -0.680. The van der Waals surface area contributed by atoms with Gasteiger partial charge in [-0.3, -0.25) is 4.79 Å². The number of aliphatic hydroxyl groups excluding tert-OH is 1. The second-order valence-electron chi connectivity index (χ2n) is 5.53. The molecule has 0 spiro atoms. The summed E-state index contributed by atoms with van der Waals surface area (Å²) in [6, 6.07) is 0. The molecule has 0 unspecified atom stereocenters. The molecule has 0 bridgehead atoms. The first-order valence-electron chi connectivity index (χ1n) is 8.21. The summed E-state index contributed by atoms with van der Waals surface area (Å²) >= 11 is 0. The molecule has 2 N–H and O–H groups in total. The van der Waals surface area contributed by atoms with Gasteiger partial charge in [-0.15, -0.1) is 0 Å². The second-order valence-corrected chi connectivity index (χ2v) is 5.53. The fourth-order valence-electron chi connectivity index (χ4n) is 2.28. The van der Waals surface area contributed by atoms with Gasteiger partial charge in [0, 0.05) is 6.42 Å². The number of hydrogen-bond donors (Lipinski definition) is 2. The van der Waals surface area contributed by atoms with Gasteiger partial charge in [0.15, 0.2) is 0 Å². The first kappa shape index (κ1) is 19.2. The molecule has 0 aromatic heterocycles. The molecule has 0 fully saturated rings. The lowest BCUT2D eigenvalue weighted by molar-refractivity contribution is -0.137. The molecule has 0 aromatic rings. The standard InChI is InChI=1S/C17H32O3/c1-2-3-12-16(15-18)13-10-8-6-4-5-7-9-11-14-17(19)20/h12,18H,2-11,13-15H2,1H3,(H,19,20)/b16-12-. The molecular formula is C17H32O3. The Bertz CT molecular complexity index is 259. The SMILES string of the molecule is CCC/C=C(\CO)CCCCCCCCCCC(=O)O. The largest absolute Gasteiger partial charge is 0.481 e. The number of rotatable bonds is 14. The Hall–Kier alpha value is -0.830. The minimum absolute atomic E-state index is 0.212. The van der Waals surface area contributed by atoms with E-state index in [1.54, 1.807) is 0 Å². The van der Waals surface area contributed by atoms with Gasteiger partial charge < -0.3 is 10.2 Å². The zero-order chi connectivity index (χ0) is 15.1. The first-order chi connectivity index (χ1) is 9.70. The fourth-order valence-corrected chi connectivity index (χ4v) is 2.28. The lowest BCUT2D eigenvalue weighted by Crippen LogP contribution is -1.93. The van der Waals surface area contributed by atoms with E-state index in [2.05, 4.69) is 13.0 Å². The van der Waals surface area contributed by atoms with E-state index >= 15 is 0 Å². The highest BCUT2D eigenvalue weighted by Crippen LogP contribution is 2.13. The van der Waals surface area contributed by atoms with Gasteiger partial charge in [-0.05, 0) is 31.3 Å². The molecule has 20 heavy (non-hydrogen) atoms. The van der Waals surface area contributed by atoms with E-state index in [1.165, 1.54) is 37.7 Å². The number of aliphatic carboxylic acids is 1. The van der Waals surface area contributed by atoms with E-state index < -0.39 is 5.97 Å². The van der Waals surface area contributed by atoms with Crippen molar-refractivity contribution >= 4 is 5.97 Å². The van der Waals surface area contributed by atoms with Crippen LogP contribution in [0.2, 0.25) is 0 Å². The summed E-state index contributed by atoms with van der Waals surface area (Å²) in [6.45, 7) is 2.37. The van der Waals surface area contributed by atoms with Crippen LogP contribution in [0.25, 0.3) is 0 Å². The predicted octanol–water partition coefficient (Wildman–Crippen LogP) is 4.69. The van der Waals surface area contributed by atoms with Gasteiger partial charge in [0.1, 0.15) is 0 Å². The number of unbranched alkanes of at least 4 members (excludes halogenated alkanes) is 8. The quantitative estimate of drug-likeness (QED) is 0.359. The highest BCUT2D eigenvalue weighted by molar-refractivity contribution is 5.66. The van der Waals surface area contributed by atoms with Gasteiger partial charge in [-0.25, -0.2) is 0 Å². The first-order valence-corrected chi connectivity index (χ1v) is 8.21. The Kier molecular flexibility index (Phi) is 14.0. The van der Waals surface area contributed by atoms with Crippen LogP contribution in [0.5, 0.6) is 0 Å². The highest BCUT2D eigenvalue weighted by Gasteiger charge is 1.98. The summed E-state index contributed by atoms with van der Waals surface area (Å²) in [5, 5.41) is 17.7. The van der Waals surface area contributed by atoms with E-state index in [1.807, 2.05) is 0 Å². The van der Waals surface area contributed by atoms with Gasteiger partial charge in [-0.2, -0.15) is 0 Å². The van der Waals surface area contributed by atoms with Crippen LogP contribution in [-0.2, 0) is 4.79 Å². The number of aliphatic hydroxyl groups is 1. The zero-order valence-corrected chi connectivity index (χ0v) is 13.1. The number of carboxylic acids is 1. The van der Waals surface area contributed by atoms with Crippen molar-refractivity contribution in [2.24, 2.45) is 0 Å². The Morgan fingerprint density at radius 2 is 1.40 bits per heavy atom. The van der Waals surface area contributed by atoms with Crippen molar-refractivity contribution in [3.8, 4) is 0 Å². The summed E-state index contributed by atoms with van der Waals surface area (Å²) in [7, 11) is 0. The highest BCUT2D eigenvalue weighted by atomic mass is 16.4. The monoisotopic (exact) mass is 284 g/mol. The van der Waals surface area contributed by atoms with Crippen molar-refractivity contribution in [3.05, 3.63) is 11.6 Å². The van der Waals surface area contributed by atoms with Crippen molar-refractivity contribution in [1.82, 2.24) is 0 Å². The second kappa shape index (κ2) is 14.6. The molecule has 0 aliphatic rings. The van der Waals surface area contributed by atoms with Crippen molar-refractivity contribution in [2.75, 3.05) is 6.61 Å². The Morgan fingerprint density at radius 3 is 1.85 bits per heavy atom. The fraction of sp³-hybridized carbons (Fsp3) is 0.824. The van der Waals surface area contributed by atoms with Crippen molar-refractivity contribution in [1.29, 1.82) is 0 Å². The molecule has 0 atom stereocenters. The van der Waals surface area contributed by atoms with Crippen LogP contribution in [0.1, 0.15) is 84.0 Å². The molecule has 3 nitrogen and oxygen atoms in total. The molecule has 0 saturated carbocycles. The average Bonchev–Trinajstić information content (AvgIpc) is 2.43. The summed E-state index contributed by atoms with van der Waals surface area (Å²) in [4.78, 5) is 10.3. The topological polar surface area (TPSA) is 57.5 Å². The van der Waals surface area contributed by atoms with Crippen molar-refractivity contribution in [2.45, 2.75) is 84.0 Å². The van der Waals surface area contributed by atoms with E-state index in [9.17, 15) is 9.90 Å². The lowest BCUT2D eigenvalue weighted by atomic mass is 10.0. The zero-order valence-electron chi connectivity index (χ0n) is 13.1. The van der Waals surface area contributed by atoms with Gasteiger partial charge in [-0.1, -0.05) is 57.9 Å². The molecule has 118 valence electrons. The van der Waals surface area contributed by atoms with Crippen LogP contribution >= 0.6 is 0 Å². The molecule has 0 radical (unpaired) electrons. The van der Waals surface area contributed by atoms with Crippen molar-refractivity contribution < 1.29 is 15.0 Å². The maximum absolute atomic E-state index is 10.3. The van der Waals surface area contributed by atoms with E-state index in [0.717, 1.165) is 38.5 Å². The molecule has 0 aliphatic heterocycles. The third-order valence-electron chi connectivity index (χ3n) is 3.56. The van der Waals surface area contributed by atoms with Gasteiger partial charge >= 0.3 is 5.97 Å². The van der Waals surface area contributed by atoms with E-state index in [4.69, 9.17) is 5.11 Å². The van der Waals surface area contributed by atoms with Crippen LogP contribution < -0.4 is 0 Å². The minimum Gasteiger partial charge on any atom is -0.481 e. The van der Waals surface area contributed by atoms with Gasteiger partial charge in [0.05, 0.1) is 6.61 Å². The van der Waals surface area contributed by atoms with E-state index in [0.29, 0.717) is 6.42 Å². The lowest BCUT2D eigenvalue weighted by Gasteiger charge is -2.05. The molecule has 0 aromatic carbocycles. The molecular weight excluding hydrogens is 252 g/mol. The summed E-state index contributed by atoms with van der Waals surface area (Å²) in [6.07, 6.45) is 14.9. The van der Waals surface area contributed by atoms with Crippen molar-refractivity contribution in [3.63, 3.8) is 0 Å². The number of allylic oxidation sites excluding steroid dienone is 1. The number of carbonyl (C=O) groups is 1. The Morgan fingerprint density at radius 1 is 0.900 bits per heavy atom. The van der Waals surface area contributed by atoms with Gasteiger partial charge in [0.2, 0.25) is 0 Å². The molecule has 0 heterocycles. The molecule has 3 heteroatoms. The maximum atomic E-state index is 10.3. The number of carboxylic acid groups (broad SMARTS) is 1. The van der Waals surface area contributed by atoms with Crippen LogP contribution in [0, 0.1) is 0 Å². The summed E-state index contributed by atoms with van der Waals surface area (Å²) in [5.41, 5.74) is 1.19. The third kappa shape index (κ3) is 13.6. The molecule has 0 aliphatic carbocycles. The molecule has 0 amide bonds. The van der Waals surface area contributed by atoms with Crippen LogP contribution in [0.15, 0.2) is 11.6 Å². The van der Waals surface area contributed by atoms with Gasteiger partial charge in [0.25, 0.3) is 0 Å². The maximum Gasteiger partial charge on any atom is 0.303 e. The summed E-state index contributed by atoms with van der Waals surface area (Å²) in [5.74, 6) is -0.680. The average molecular weight is 284 g/mol. The van der Waals surface area contributed by atoms with E-state index in [-0.39, 0.29) is 6.61 Å². The Labute approximate surface area is 124 Å². The number of hydrogen-bond acceptors (Lipinski definition) is 2. The van der Waals surface area contributed by atoms with Crippen LogP contribution in [-0.4, -0.2) is 22.8 Å². The van der Waals surface area contributed by atoms with Crippen LogP contribution in [0.3, 0.4) is 0 Å². The summed E-state index contributed by atoms with van der Waals surface area (Å²) < 4.78 is 0.